The maximum Gasteiger partial charge on any atom is 0.391 e. The molecule has 0 spiro atoms. The van der Waals surface area contributed by atoms with Crippen molar-refractivity contribution in [2.45, 2.75) is 24.9 Å². The van der Waals surface area contributed by atoms with Crippen molar-refractivity contribution in [2.75, 3.05) is 19.6 Å². The van der Waals surface area contributed by atoms with Crippen LogP contribution in [0.3, 0.4) is 0 Å². The number of hydrazone groups is 1. The Bertz CT molecular complexity index is 1050. The van der Waals surface area contributed by atoms with Gasteiger partial charge in [0.1, 0.15) is 0 Å². The minimum atomic E-state index is -4.30. The van der Waals surface area contributed by atoms with Crippen LogP contribution >= 0.6 is 11.6 Å². The van der Waals surface area contributed by atoms with Crippen molar-refractivity contribution >= 4 is 27.5 Å². The summed E-state index contributed by atoms with van der Waals surface area (Å²) >= 11 is 5.99. The standard InChI is InChI=1S/C21H21ClF3N3O2S/c22-18-8-6-16(7-9-18)20-19(15-4-2-1-3-5-15)14-28(26-20)31(29,30)27-12-10-17(11-13-27)21(23,24)25/h1-9,17,19H,10-14H2. The molecule has 5 nitrogen and oxygen atoms in total. The number of rotatable bonds is 4. The first-order valence-corrected chi connectivity index (χ1v) is 11.7. The Morgan fingerprint density at radius 3 is 2.16 bits per heavy atom. The molecular formula is C21H21ClF3N3O2S. The van der Waals surface area contributed by atoms with Crippen LogP contribution in [-0.2, 0) is 10.2 Å². The number of benzene rings is 2. The van der Waals surface area contributed by atoms with Crippen molar-refractivity contribution in [3.8, 4) is 0 Å². The van der Waals surface area contributed by atoms with Crippen LogP contribution < -0.4 is 0 Å². The van der Waals surface area contributed by atoms with Gasteiger partial charge in [0.2, 0.25) is 0 Å². The normalized spacial score (nSPS) is 21.4. The Balaban J connectivity index is 1.61. The van der Waals surface area contributed by atoms with Crippen LogP contribution in [0.5, 0.6) is 0 Å². The van der Waals surface area contributed by atoms with E-state index < -0.39 is 22.3 Å². The fraction of sp³-hybridized carbons (Fsp3) is 0.381. The van der Waals surface area contributed by atoms with Gasteiger partial charge in [-0.2, -0.15) is 35.4 Å². The molecule has 2 aliphatic heterocycles. The smallest absolute Gasteiger partial charge is 0.187 e. The van der Waals surface area contributed by atoms with Crippen LogP contribution in [0.25, 0.3) is 0 Å². The topological polar surface area (TPSA) is 53.0 Å². The summed E-state index contributed by atoms with van der Waals surface area (Å²) in [7, 11) is -4.03. The van der Waals surface area contributed by atoms with Gasteiger partial charge in [0.05, 0.1) is 18.2 Å². The van der Waals surface area contributed by atoms with Crippen molar-refractivity contribution in [3.63, 3.8) is 0 Å². The molecule has 1 atom stereocenters. The van der Waals surface area contributed by atoms with Gasteiger partial charge in [-0.3, -0.25) is 0 Å². The molecule has 0 N–H and O–H groups in total. The van der Waals surface area contributed by atoms with E-state index >= 15 is 0 Å². The molecule has 1 saturated heterocycles. The summed E-state index contributed by atoms with van der Waals surface area (Å²) in [5, 5.41) is 4.97. The van der Waals surface area contributed by atoms with Gasteiger partial charge in [0.25, 0.3) is 0 Å². The van der Waals surface area contributed by atoms with Crippen molar-refractivity contribution < 1.29 is 21.6 Å². The van der Waals surface area contributed by atoms with Crippen LogP contribution in [0, 0.1) is 5.92 Å². The maximum atomic E-state index is 13.2. The average Bonchev–Trinajstić information content (AvgIpc) is 3.21. The van der Waals surface area contributed by atoms with E-state index in [-0.39, 0.29) is 38.4 Å². The molecule has 1 unspecified atom stereocenters. The van der Waals surface area contributed by atoms with Gasteiger partial charge in [-0.25, -0.2) is 0 Å². The van der Waals surface area contributed by atoms with Crippen LogP contribution in [-0.4, -0.2) is 48.7 Å². The Morgan fingerprint density at radius 2 is 1.58 bits per heavy atom. The summed E-state index contributed by atoms with van der Waals surface area (Å²) in [6.07, 6.45) is -4.79. The van der Waals surface area contributed by atoms with Crippen LogP contribution in [0.2, 0.25) is 5.02 Å². The summed E-state index contributed by atoms with van der Waals surface area (Å²) in [6, 6.07) is 16.4. The van der Waals surface area contributed by atoms with Crippen molar-refractivity contribution in [1.82, 2.24) is 8.72 Å². The van der Waals surface area contributed by atoms with Crippen LogP contribution in [0.1, 0.15) is 29.9 Å². The molecule has 2 aromatic rings. The molecule has 4 rings (SSSR count). The summed E-state index contributed by atoms with van der Waals surface area (Å²) in [5.41, 5.74) is 2.23. The highest BCUT2D eigenvalue weighted by molar-refractivity contribution is 7.86. The lowest BCUT2D eigenvalue weighted by Crippen LogP contribution is -2.47. The highest BCUT2D eigenvalue weighted by Crippen LogP contribution is 2.36. The maximum absolute atomic E-state index is 13.2. The number of hydrogen-bond acceptors (Lipinski definition) is 3. The molecule has 0 aromatic heterocycles. The number of halogens is 4. The molecule has 1 fully saturated rings. The van der Waals surface area contributed by atoms with E-state index in [2.05, 4.69) is 5.10 Å². The van der Waals surface area contributed by atoms with Gasteiger partial charge in [0.15, 0.2) is 0 Å². The third-order valence-corrected chi connectivity index (χ3v) is 7.77. The molecule has 0 aliphatic carbocycles. The Hall–Kier alpha value is -2.10. The molecule has 10 heteroatoms. The lowest BCUT2D eigenvalue weighted by Gasteiger charge is -2.33. The minimum Gasteiger partial charge on any atom is -0.187 e. The van der Waals surface area contributed by atoms with Gasteiger partial charge in [-0.1, -0.05) is 54.1 Å². The highest BCUT2D eigenvalue weighted by atomic mass is 35.5. The zero-order chi connectivity index (χ0) is 22.2. The number of nitrogens with zero attached hydrogens (tertiary/aromatic N) is 3. The van der Waals surface area contributed by atoms with Crippen molar-refractivity contribution in [1.29, 1.82) is 0 Å². The second-order valence-electron chi connectivity index (χ2n) is 7.68. The van der Waals surface area contributed by atoms with Crippen molar-refractivity contribution in [2.24, 2.45) is 11.0 Å². The highest BCUT2D eigenvalue weighted by Gasteiger charge is 2.45. The quantitative estimate of drug-likeness (QED) is 0.651. The van der Waals surface area contributed by atoms with E-state index in [1.54, 1.807) is 24.3 Å². The first-order chi connectivity index (χ1) is 14.7. The molecule has 0 saturated carbocycles. The number of hydrogen-bond donors (Lipinski definition) is 0. The third kappa shape index (κ3) is 4.58. The predicted octanol–water partition coefficient (Wildman–Crippen LogP) is 4.66. The SMILES string of the molecule is O=S(=O)(N1CCC(C(F)(F)F)CC1)N1CC(c2ccccc2)C(c2ccc(Cl)cc2)=N1. The second kappa shape index (κ2) is 8.44. The Labute approximate surface area is 184 Å². The van der Waals surface area contributed by atoms with Gasteiger partial charge in [0, 0.05) is 24.0 Å². The summed E-state index contributed by atoms with van der Waals surface area (Å²) in [4.78, 5) is 0. The molecule has 0 bridgehead atoms. The first-order valence-electron chi connectivity index (χ1n) is 9.90. The predicted molar refractivity (Wildman–Crippen MR) is 113 cm³/mol. The van der Waals surface area contributed by atoms with Crippen LogP contribution in [0.15, 0.2) is 59.7 Å². The van der Waals surface area contributed by atoms with Crippen molar-refractivity contribution in [3.05, 3.63) is 70.7 Å². The zero-order valence-corrected chi connectivity index (χ0v) is 18.0. The Kier molecular flexibility index (Phi) is 6.02. The molecule has 166 valence electrons. The van der Waals surface area contributed by atoms with Gasteiger partial charge < -0.3 is 0 Å². The fourth-order valence-corrected chi connectivity index (χ4v) is 5.59. The van der Waals surface area contributed by atoms with E-state index in [1.807, 2.05) is 30.3 Å². The summed E-state index contributed by atoms with van der Waals surface area (Å²) in [6.45, 7) is -0.265. The molecule has 2 heterocycles. The average molecular weight is 472 g/mol. The van der Waals surface area contributed by atoms with E-state index in [0.29, 0.717) is 10.7 Å². The monoisotopic (exact) mass is 471 g/mol. The fourth-order valence-electron chi connectivity index (χ4n) is 3.99. The minimum absolute atomic E-state index is 0.0868. The van der Waals surface area contributed by atoms with E-state index in [4.69, 9.17) is 11.6 Å². The molecular weight excluding hydrogens is 451 g/mol. The van der Waals surface area contributed by atoms with E-state index in [0.717, 1.165) is 19.8 Å². The molecule has 0 amide bonds. The molecule has 2 aliphatic rings. The lowest BCUT2D eigenvalue weighted by atomic mass is 9.91. The lowest BCUT2D eigenvalue weighted by molar-refractivity contribution is -0.182. The van der Waals surface area contributed by atoms with E-state index in [9.17, 15) is 21.6 Å². The van der Waals surface area contributed by atoms with E-state index in [1.165, 1.54) is 0 Å². The molecule has 0 radical (unpaired) electrons. The summed E-state index contributed by atoms with van der Waals surface area (Å²) in [5.74, 6) is -1.77. The second-order valence-corrected chi connectivity index (χ2v) is 9.95. The first kappa shape index (κ1) is 22.1. The van der Waals surface area contributed by atoms with Crippen LogP contribution in [0.4, 0.5) is 13.2 Å². The number of alkyl halides is 3. The largest absolute Gasteiger partial charge is 0.391 e. The summed E-state index contributed by atoms with van der Waals surface area (Å²) < 4.78 is 67.4. The molecule has 2 aromatic carbocycles. The third-order valence-electron chi connectivity index (χ3n) is 5.74. The van der Waals surface area contributed by atoms with Gasteiger partial charge >= 0.3 is 16.4 Å². The van der Waals surface area contributed by atoms with Gasteiger partial charge in [-0.15, -0.1) is 0 Å². The van der Waals surface area contributed by atoms with Gasteiger partial charge in [-0.05, 0) is 36.1 Å². The molecule has 31 heavy (non-hydrogen) atoms. The Morgan fingerprint density at radius 1 is 0.968 bits per heavy atom. The zero-order valence-electron chi connectivity index (χ0n) is 16.5. The number of piperidine rings is 1.